The lowest BCUT2D eigenvalue weighted by molar-refractivity contribution is 0.0885. The second kappa shape index (κ2) is 4.06. The Morgan fingerprint density at radius 1 is 1.47 bits per heavy atom. The van der Waals surface area contributed by atoms with Gasteiger partial charge < -0.3 is 15.7 Å². The van der Waals surface area contributed by atoms with Crippen LogP contribution in [-0.2, 0) is 0 Å². The van der Waals surface area contributed by atoms with Crippen molar-refractivity contribution >= 4 is 11.5 Å². The van der Waals surface area contributed by atoms with Crippen LogP contribution in [0.2, 0.25) is 0 Å². The molecule has 0 aromatic carbocycles. The highest BCUT2D eigenvalue weighted by Crippen LogP contribution is 2.20. The Kier molecular flexibility index (Phi) is 3.19. The van der Waals surface area contributed by atoms with E-state index in [0.717, 1.165) is 11.5 Å². The zero-order chi connectivity index (χ0) is 11.6. The van der Waals surface area contributed by atoms with Crippen molar-refractivity contribution in [2.45, 2.75) is 26.4 Å². The molecule has 0 aliphatic carbocycles. The van der Waals surface area contributed by atoms with E-state index in [9.17, 15) is 5.11 Å². The van der Waals surface area contributed by atoms with Gasteiger partial charge in [0.15, 0.2) is 5.82 Å². The van der Waals surface area contributed by atoms with Crippen LogP contribution in [0.4, 0.5) is 11.5 Å². The fourth-order valence-electron chi connectivity index (χ4n) is 1.51. The molecule has 0 saturated heterocycles. The maximum Gasteiger partial charge on any atom is 0.151 e. The summed E-state index contributed by atoms with van der Waals surface area (Å²) in [6.45, 7) is 5.93. The van der Waals surface area contributed by atoms with E-state index in [1.54, 1.807) is 13.8 Å². The molecule has 1 aromatic rings. The minimum absolute atomic E-state index is 0.494. The first-order valence-corrected chi connectivity index (χ1v) is 4.96. The summed E-state index contributed by atoms with van der Waals surface area (Å²) in [6.07, 6.45) is 0. The highest BCUT2D eigenvalue weighted by Gasteiger charge is 2.18. The van der Waals surface area contributed by atoms with E-state index in [0.29, 0.717) is 12.2 Å². The molecule has 1 aromatic heterocycles. The van der Waals surface area contributed by atoms with Gasteiger partial charge in [-0.2, -0.15) is 0 Å². The molecule has 4 nitrogen and oxygen atoms in total. The van der Waals surface area contributed by atoms with Crippen molar-refractivity contribution < 1.29 is 5.11 Å². The summed E-state index contributed by atoms with van der Waals surface area (Å²) in [6, 6.07) is 3.70. The van der Waals surface area contributed by atoms with Gasteiger partial charge in [0, 0.05) is 19.3 Å². The first-order chi connectivity index (χ1) is 6.79. The first-order valence-electron chi connectivity index (χ1n) is 4.96. The second-order valence-electron chi connectivity index (χ2n) is 4.53. The smallest absolute Gasteiger partial charge is 0.151 e. The van der Waals surface area contributed by atoms with Gasteiger partial charge in [0.2, 0.25) is 0 Å². The molecule has 0 spiro atoms. The summed E-state index contributed by atoms with van der Waals surface area (Å²) < 4.78 is 0. The number of nitrogen functional groups attached to an aromatic ring is 1. The molecule has 4 heteroatoms. The van der Waals surface area contributed by atoms with Crippen molar-refractivity contribution in [3.8, 4) is 0 Å². The van der Waals surface area contributed by atoms with Crippen LogP contribution >= 0.6 is 0 Å². The molecule has 0 atom stereocenters. The monoisotopic (exact) mass is 209 g/mol. The number of hydrogen-bond donors (Lipinski definition) is 2. The van der Waals surface area contributed by atoms with Gasteiger partial charge in [0.05, 0.1) is 11.3 Å². The predicted molar refractivity (Wildman–Crippen MR) is 63.0 cm³/mol. The molecule has 1 heterocycles. The van der Waals surface area contributed by atoms with Crippen molar-refractivity contribution in [1.82, 2.24) is 4.98 Å². The van der Waals surface area contributed by atoms with Crippen LogP contribution in [0, 0.1) is 6.92 Å². The summed E-state index contributed by atoms with van der Waals surface area (Å²) in [5.41, 5.74) is 6.62. The van der Waals surface area contributed by atoms with E-state index in [1.165, 1.54) is 0 Å². The molecule has 3 N–H and O–H groups in total. The lowest BCUT2D eigenvalue weighted by Gasteiger charge is -2.27. The summed E-state index contributed by atoms with van der Waals surface area (Å²) in [5.74, 6) is 0.720. The van der Waals surface area contributed by atoms with E-state index in [4.69, 9.17) is 5.73 Å². The Morgan fingerprint density at radius 2 is 2.07 bits per heavy atom. The van der Waals surface area contributed by atoms with E-state index in [1.807, 2.05) is 31.0 Å². The Hall–Kier alpha value is -1.29. The maximum absolute atomic E-state index is 9.70. The summed E-state index contributed by atoms with van der Waals surface area (Å²) in [7, 11) is 1.87. The van der Waals surface area contributed by atoms with Crippen LogP contribution in [0.5, 0.6) is 0 Å². The third kappa shape index (κ3) is 3.40. The normalized spacial score (nSPS) is 11.5. The number of aliphatic hydroxyl groups is 1. The number of aromatic nitrogens is 1. The lowest BCUT2D eigenvalue weighted by atomic mass is 10.1. The third-order valence-corrected chi connectivity index (χ3v) is 2.03. The minimum atomic E-state index is -0.757. The van der Waals surface area contributed by atoms with Crippen LogP contribution in [0.1, 0.15) is 19.5 Å². The average molecular weight is 209 g/mol. The molecule has 0 aliphatic rings. The molecule has 0 fully saturated rings. The average Bonchev–Trinajstić information content (AvgIpc) is 2.06. The van der Waals surface area contributed by atoms with Crippen molar-refractivity contribution in [2.24, 2.45) is 0 Å². The molecular formula is C11H19N3O. The van der Waals surface area contributed by atoms with Crippen molar-refractivity contribution in [2.75, 3.05) is 24.2 Å². The second-order valence-corrected chi connectivity index (χ2v) is 4.53. The van der Waals surface area contributed by atoms with Gasteiger partial charge in [-0.05, 0) is 32.9 Å². The molecule has 0 aliphatic heterocycles. The quantitative estimate of drug-likeness (QED) is 0.784. The van der Waals surface area contributed by atoms with Gasteiger partial charge in [-0.1, -0.05) is 0 Å². The lowest BCUT2D eigenvalue weighted by Crippen LogP contribution is -2.37. The molecular weight excluding hydrogens is 190 g/mol. The first kappa shape index (κ1) is 11.8. The van der Waals surface area contributed by atoms with Crippen LogP contribution in [-0.4, -0.2) is 29.3 Å². The van der Waals surface area contributed by atoms with Gasteiger partial charge in [0.25, 0.3) is 0 Å². The summed E-state index contributed by atoms with van der Waals surface area (Å²) >= 11 is 0. The van der Waals surface area contributed by atoms with Crippen molar-refractivity contribution in [3.63, 3.8) is 0 Å². The van der Waals surface area contributed by atoms with Crippen LogP contribution in [0.3, 0.4) is 0 Å². The molecule has 0 saturated carbocycles. The van der Waals surface area contributed by atoms with Crippen LogP contribution in [0.15, 0.2) is 12.1 Å². The van der Waals surface area contributed by atoms with E-state index in [2.05, 4.69) is 4.98 Å². The predicted octanol–water partition coefficient (Wildman–Crippen LogP) is 1.18. The SMILES string of the molecule is Cc1ccc(N)c(N(C)CC(C)(C)O)n1. The number of nitrogens with two attached hydrogens (primary N) is 1. The largest absolute Gasteiger partial charge is 0.396 e. The van der Waals surface area contributed by atoms with Gasteiger partial charge in [0.1, 0.15) is 0 Å². The number of nitrogens with zero attached hydrogens (tertiary/aromatic N) is 2. The van der Waals surface area contributed by atoms with Gasteiger partial charge in [-0.3, -0.25) is 0 Å². The fourth-order valence-corrected chi connectivity index (χ4v) is 1.51. The van der Waals surface area contributed by atoms with E-state index >= 15 is 0 Å². The topological polar surface area (TPSA) is 62.4 Å². The number of pyridine rings is 1. The molecule has 0 radical (unpaired) electrons. The zero-order valence-electron chi connectivity index (χ0n) is 9.78. The highest BCUT2D eigenvalue weighted by atomic mass is 16.3. The Bertz CT molecular complexity index is 344. The number of likely N-dealkylation sites (N-methyl/N-ethyl adjacent to an activating group) is 1. The molecule has 15 heavy (non-hydrogen) atoms. The van der Waals surface area contributed by atoms with Gasteiger partial charge in [-0.25, -0.2) is 4.98 Å². The molecule has 0 bridgehead atoms. The molecule has 84 valence electrons. The number of anilines is 2. The van der Waals surface area contributed by atoms with Crippen LogP contribution in [0.25, 0.3) is 0 Å². The van der Waals surface area contributed by atoms with E-state index < -0.39 is 5.60 Å². The maximum atomic E-state index is 9.70. The van der Waals surface area contributed by atoms with Crippen molar-refractivity contribution in [3.05, 3.63) is 17.8 Å². The summed E-state index contributed by atoms with van der Waals surface area (Å²) in [4.78, 5) is 6.21. The van der Waals surface area contributed by atoms with Crippen molar-refractivity contribution in [1.29, 1.82) is 0 Å². The Morgan fingerprint density at radius 3 is 2.60 bits per heavy atom. The van der Waals surface area contributed by atoms with E-state index in [-0.39, 0.29) is 0 Å². The third-order valence-electron chi connectivity index (χ3n) is 2.03. The Balaban J connectivity index is 2.90. The number of hydrogen-bond acceptors (Lipinski definition) is 4. The molecule has 1 rings (SSSR count). The Labute approximate surface area is 90.7 Å². The highest BCUT2D eigenvalue weighted by molar-refractivity contribution is 5.62. The van der Waals surface area contributed by atoms with Gasteiger partial charge >= 0.3 is 0 Å². The molecule has 0 amide bonds. The number of rotatable bonds is 3. The van der Waals surface area contributed by atoms with Gasteiger partial charge in [-0.15, -0.1) is 0 Å². The van der Waals surface area contributed by atoms with Crippen LogP contribution < -0.4 is 10.6 Å². The fraction of sp³-hybridized carbons (Fsp3) is 0.545. The number of aryl methyl sites for hydroxylation is 1. The minimum Gasteiger partial charge on any atom is -0.396 e. The molecule has 0 unspecified atom stereocenters. The summed E-state index contributed by atoms with van der Waals surface area (Å²) in [5, 5.41) is 9.70. The standard InChI is InChI=1S/C11H19N3O/c1-8-5-6-9(12)10(13-8)14(4)7-11(2,3)15/h5-6,15H,7,12H2,1-4H3. The zero-order valence-corrected chi connectivity index (χ0v) is 9.78.